The van der Waals surface area contributed by atoms with Crippen LogP contribution in [-0.4, -0.2) is 24.6 Å². The molecule has 0 saturated heterocycles. The van der Waals surface area contributed by atoms with E-state index >= 15 is 0 Å². The van der Waals surface area contributed by atoms with Gasteiger partial charge in [-0.3, -0.25) is 9.78 Å². The average molecular weight is 258 g/mol. The van der Waals surface area contributed by atoms with Crippen LogP contribution >= 0.6 is 0 Å². The van der Waals surface area contributed by atoms with E-state index in [4.69, 9.17) is 9.47 Å². The van der Waals surface area contributed by atoms with Gasteiger partial charge in [-0.15, -0.1) is 0 Å². The number of para-hydroxylation sites is 2. The normalized spacial score (nSPS) is 9.95. The number of nitrogens with zero attached hydrogens (tertiary/aromatic N) is 1. The Labute approximate surface area is 111 Å². The van der Waals surface area contributed by atoms with E-state index in [1.807, 2.05) is 12.1 Å². The molecule has 0 aliphatic carbocycles. The SMILES string of the molecule is COCC(=O)Nc1ccccc1Oc1cccnc1. The fraction of sp³-hybridized carbons (Fsp3) is 0.143. The van der Waals surface area contributed by atoms with Crippen molar-refractivity contribution in [1.82, 2.24) is 4.98 Å². The third-order valence-corrected chi connectivity index (χ3v) is 2.30. The summed E-state index contributed by atoms with van der Waals surface area (Å²) in [5.74, 6) is 0.931. The maximum atomic E-state index is 11.5. The lowest BCUT2D eigenvalue weighted by atomic mass is 10.3. The molecule has 0 bridgehead atoms. The molecule has 2 aromatic rings. The first-order chi connectivity index (χ1) is 9.29. The van der Waals surface area contributed by atoms with Gasteiger partial charge in [-0.25, -0.2) is 0 Å². The van der Waals surface area contributed by atoms with Crippen LogP contribution in [0.15, 0.2) is 48.8 Å². The summed E-state index contributed by atoms with van der Waals surface area (Å²) in [5, 5.41) is 2.72. The number of aromatic nitrogens is 1. The number of rotatable bonds is 5. The van der Waals surface area contributed by atoms with Crippen molar-refractivity contribution in [2.45, 2.75) is 0 Å². The molecule has 1 amide bonds. The summed E-state index contributed by atoms with van der Waals surface area (Å²) < 4.78 is 10.4. The molecule has 19 heavy (non-hydrogen) atoms. The first-order valence-electron chi connectivity index (χ1n) is 5.75. The number of carbonyl (C=O) groups excluding carboxylic acids is 1. The zero-order valence-electron chi connectivity index (χ0n) is 10.5. The number of anilines is 1. The summed E-state index contributed by atoms with van der Waals surface area (Å²) in [6.07, 6.45) is 3.27. The van der Waals surface area contributed by atoms with E-state index in [0.29, 0.717) is 17.2 Å². The first-order valence-corrected chi connectivity index (χ1v) is 5.75. The highest BCUT2D eigenvalue weighted by Gasteiger charge is 2.07. The van der Waals surface area contributed by atoms with Gasteiger partial charge in [0.25, 0.3) is 0 Å². The summed E-state index contributed by atoms with van der Waals surface area (Å²) in [5.41, 5.74) is 0.591. The first kappa shape index (κ1) is 13.0. The molecule has 1 aromatic heterocycles. The lowest BCUT2D eigenvalue weighted by Crippen LogP contribution is -2.17. The van der Waals surface area contributed by atoms with Crippen molar-refractivity contribution in [3.8, 4) is 11.5 Å². The Hall–Kier alpha value is -2.40. The van der Waals surface area contributed by atoms with E-state index in [2.05, 4.69) is 10.3 Å². The largest absolute Gasteiger partial charge is 0.454 e. The van der Waals surface area contributed by atoms with Gasteiger partial charge >= 0.3 is 0 Å². The second kappa shape index (κ2) is 6.51. The van der Waals surface area contributed by atoms with Gasteiger partial charge < -0.3 is 14.8 Å². The number of hydrogen-bond donors (Lipinski definition) is 1. The predicted molar refractivity (Wildman–Crippen MR) is 71.3 cm³/mol. The number of methoxy groups -OCH3 is 1. The van der Waals surface area contributed by atoms with Crippen LogP contribution < -0.4 is 10.1 Å². The molecule has 1 N–H and O–H groups in total. The topological polar surface area (TPSA) is 60.5 Å². The Morgan fingerprint density at radius 3 is 2.84 bits per heavy atom. The van der Waals surface area contributed by atoms with Crippen molar-refractivity contribution in [3.63, 3.8) is 0 Å². The maximum absolute atomic E-state index is 11.5. The molecular formula is C14H14N2O3. The minimum atomic E-state index is -0.232. The molecule has 2 rings (SSSR count). The van der Waals surface area contributed by atoms with Crippen LogP contribution in [0.5, 0.6) is 11.5 Å². The van der Waals surface area contributed by atoms with E-state index in [1.54, 1.807) is 36.7 Å². The summed E-state index contributed by atoms with van der Waals surface area (Å²) in [6, 6.07) is 10.8. The van der Waals surface area contributed by atoms with E-state index in [-0.39, 0.29) is 12.5 Å². The Bertz CT molecular complexity index is 543. The number of benzene rings is 1. The van der Waals surface area contributed by atoms with Gasteiger partial charge in [0.1, 0.15) is 12.4 Å². The van der Waals surface area contributed by atoms with Gasteiger partial charge in [-0.05, 0) is 24.3 Å². The van der Waals surface area contributed by atoms with Gasteiger partial charge in [0.2, 0.25) is 5.91 Å². The molecule has 5 heteroatoms. The number of nitrogens with one attached hydrogen (secondary N) is 1. The molecule has 0 saturated carbocycles. The summed E-state index contributed by atoms with van der Waals surface area (Å²) >= 11 is 0. The van der Waals surface area contributed by atoms with Gasteiger partial charge in [-0.1, -0.05) is 12.1 Å². The minimum Gasteiger partial charge on any atom is -0.454 e. The molecular weight excluding hydrogens is 244 g/mol. The van der Waals surface area contributed by atoms with E-state index in [0.717, 1.165) is 0 Å². The van der Waals surface area contributed by atoms with Gasteiger partial charge in [0.15, 0.2) is 5.75 Å². The molecule has 0 radical (unpaired) electrons. The minimum absolute atomic E-state index is 0.00122. The monoisotopic (exact) mass is 258 g/mol. The standard InChI is InChI=1S/C14H14N2O3/c1-18-10-14(17)16-12-6-2-3-7-13(12)19-11-5-4-8-15-9-11/h2-9H,10H2,1H3,(H,16,17). The maximum Gasteiger partial charge on any atom is 0.250 e. The number of amides is 1. The fourth-order valence-corrected chi connectivity index (χ4v) is 1.51. The van der Waals surface area contributed by atoms with Crippen LogP contribution in [0.1, 0.15) is 0 Å². The van der Waals surface area contributed by atoms with Crippen LogP contribution in [0.25, 0.3) is 0 Å². The van der Waals surface area contributed by atoms with Crippen LogP contribution in [0.2, 0.25) is 0 Å². The van der Waals surface area contributed by atoms with Crippen LogP contribution in [0, 0.1) is 0 Å². The average Bonchev–Trinajstić information content (AvgIpc) is 2.42. The van der Waals surface area contributed by atoms with Crippen molar-refractivity contribution in [2.75, 3.05) is 19.0 Å². The smallest absolute Gasteiger partial charge is 0.250 e. The van der Waals surface area contributed by atoms with Crippen molar-refractivity contribution >= 4 is 11.6 Å². The third-order valence-electron chi connectivity index (χ3n) is 2.30. The highest BCUT2D eigenvalue weighted by atomic mass is 16.5. The van der Waals surface area contributed by atoms with Crippen LogP contribution in [0.4, 0.5) is 5.69 Å². The Kier molecular flexibility index (Phi) is 4.47. The molecule has 0 aliphatic rings. The molecule has 0 fully saturated rings. The molecule has 0 spiro atoms. The highest BCUT2D eigenvalue weighted by Crippen LogP contribution is 2.28. The molecule has 98 valence electrons. The van der Waals surface area contributed by atoms with Crippen molar-refractivity contribution in [1.29, 1.82) is 0 Å². The number of carbonyl (C=O) groups is 1. The third kappa shape index (κ3) is 3.79. The van der Waals surface area contributed by atoms with Crippen molar-refractivity contribution in [2.24, 2.45) is 0 Å². The summed E-state index contributed by atoms with van der Waals surface area (Å²) in [6.45, 7) is 0.00122. The van der Waals surface area contributed by atoms with Gasteiger partial charge in [0, 0.05) is 13.3 Å². The number of ether oxygens (including phenoxy) is 2. The second-order valence-corrected chi connectivity index (χ2v) is 3.77. The van der Waals surface area contributed by atoms with Gasteiger partial charge in [0.05, 0.1) is 11.9 Å². The zero-order valence-corrected chi connectivity index (χ0v) is 10.5. The lowest BCUT2D eigenvalue weighted by Gasteiger charge is -2.11. The Balaban J connectivity index is 2.14. The molecule has 0 unspecified atom stereocenters. The molecule has 5 nitrogen and oxygen atoms in total. The van der Waals surface area contributed by atoms with Crippen molar-refractivity contribution < 1.29 is 14.3 Å². The Morgan fingerprint density at radius 1 is 1.26 bits per heavy atom. The summed E-state index contributed by atoms with van der Waals surface area (Å²) in [4.78, 5) is 15.5. The van der Waals surface area contributed by atoms with Crippen LogP contribution in [-0.2, 0) is 9.53 Å². The highest BCUT2D eigenvalue weighted by molar-refractivity contribution is 5.93. The fourth-order valence-electron chi connectivity index (χ4n) is 1.51. The molecule has 1 heterocycles. The zero-order chi connectivity index (χ0) is 13.5. The quantitative estimate of drug-likeness (QED) is 0.894. The summed E-state index contributed by atoms with van der Waals surface area (Å²) in [7, 11) is 1.47. The van der Waals surface area contributed by atoms with Crippen LogP contribution in [0.3, 0.4) is 0 Å². The Morgan fingerprint density at radius 2 is 2.11 bits per heavy atom. The van der Waals surface area contributed by atoms with E-state index in [9.17, 15) is 4.79 Å². The van der Waals surface area contributed by atoms with E-state index in [1.165, 1.54) is 7.11 Å². The number of pyridine rings is 1. The molecule has 1 aromatic carbocycles. The van der Waals surface area contributed by atoms with E-state index < -0.39 is 0 Å². The van der Waals surface area contributed by atoms with Gasteiger partial charge in [-0.2, -0.15) is 0 Å². The molecule has 0 atom stereocenters. The predicted octanol–water partition coefficient (Wildman–Crippen LogP) is 2.46. The molecule has 0 aliphatic heterocycles. The van der Waals surface area contributed by atoms with Crippen molar-refractivity contribution in [3.05, 3.63) is 48.8 Å². The number of hydrogen-bond acceptors (Lipinski definition) is 4. The second-order valence-electron chi connectivity index (χ2n) is 3.77. The lowest BCUT2D eigenvalue weighted by molar-refractivity contribution is -0.119.